The largest absolute Gasteiger partial charge is 0.418 e. The molecule has 1 atom stereocenters. The van der Waals surface area contributed by atoms with Crippen LogP contribution in [0.3, 0.4) is 0 Å². The van der Waals surface area contributed by atoms with Crippen LogP contribution in [0.1, 0.15) is 23.6 Å². The summed E-state index contributed by atoms with van der Waals surface area (Å²) < 4.78 is 38.5. The summed E-state index contributed by atoms with van der Waals surface area (Å²) in [5.41, 5.74) is 6.43. The average Bonchev–Trinajstić information content (AvgIpc) is 2.47. The molecule has 0 heterocycles. The Morgan fingerprint density at radius 2 is 1.57 bits per heavy atom. The predicted molar refractivity (Wildman–Crippen MR) is 77.9 cm³/mol. The standard InChI is InChI=1S/C16H17F3N2/c17-16(18,19)13-8-4-5-9-15(13)21-11-10-14(20)12-6-2-1-3-7-12/h1-9,14,21H,10-11,20H2. The molecule has 0 aliphatic heterocycles. The second-order valence-corrected chi connectivity index (χ2v) is 4.78. The van der Waals surface area contributed by atoms with Crippen LogP contribution in [-0.2, 0) is 6.18 Å². The van der Waals surface area contributed by atoms with Gasteiger partial charge in [-0.1, -0.05) is 42.5 Å². The van der Waals surface area contributed by atoms with E-state index < -0.39 is 11.7 Å². The van der Waals surface area contributed by atoms with E-state index in [2.05, 4.69) is 5.32 Å². The van der Waals surface area contributed by atoms with Gasteiger partial charge in [-0.3, -0.25) is 0 Å². The fraction of sp³-hybridized carbons (Fsp3) is 0.250. The lowest BCUT2D eigenvalue weighted by molar-refractivity contribution is -0.136. The van der Waals surface area contributed by atoms with E-state index in [1.807, 2.05) is 30.3 Å². The van der Waals surface area contributed by atoms with E-state index in [-0.39, 0.29) is 11.7 Å². The van der Waals surface area contributed by atoms with E-state index in [1.165, 1.54) is 12.1 Å². The summed E-state index contributed by atoms with van der Waals surface area (Å²) in [6.45, 7) is 0.378. The lowest BCUT2D eigenvalue weighted by atomic mass is 10.0. The third-order valence-electron chi connectivity index (χ3n) is 3.23. The number of rotatable bonds is 5. The van der Waals surface area contributed by atoms with Gasteiger partial charge in [0, 0.05) is 18.3 Å². The molecule has 0 saturated heterocycles. The third kappa shape index (κ3) is 4.23. The number of nitrogens with two attached hydrogens (primary N) is 1. The number of hydrogen-bond donors (Lipinski definition) is 2. The maximum Gasteiger partial charge on any atom is 0.418 e. The molecule has 21 heavy (non-hydrogen) atoms. The zero-order valence-electron chi connectivity index (χ0n) is 11.4. The second-order valence-electron chi connectivity index (χ2n) is 4.78. The number of anilines is 1. The summed E-state index contributed by atoms with van der Waals surface area (Å²) in [6, 6.07) is 14.8. The van der Waals surface area contributed by atoms with Gasteiger partial charge in [0.2, 0.25) is 0 Å². The van der Waals surface area contributed by atoms with Crippen molar-refractivity contribution in [2.45, 2.75) is 18.6 Å². The van der Waals surface area contributed by atoms with Gasteiger partial charge in [-0.25, -0.2) is 0 Å². The Labute approximate surface area is 121 Å². The van der Waals surface area contributed by atoms with Gasteiger partial charge in [-0.15, -0.1) is 0 Å². The highest BCUT2D eigenvalue weighted by atomic mass is 19.4. The molecule has 0 radical (unpaired) electrons. The lowest BCUT2D eigenvalue weighted by Gasteiger charge is -2.16. The Bertz CT molecular complexity index is 567. The highest BCUT2D eigenvalue weighted by Crippen LogP contribution is 2.34. The quantitative estimate of drug-likeness (QED) is 0.867. The van der Waals surface area contributed by atoms with Crippen molar-refractivity contribution < 1.29 is 13.2 Å². The summed E-state index contributed by atoms with van der Waals surface area (Å²) in [5, 5.41) is 2.82. The SMILES string of the molecule is NC(CCNc1ccccc1C(F)(F)F)c1ccccc1. The first-order valence-electron chi connectivity index (χ1n) is 6.69. The van der Waals surface area contributed by atoms with E-state index in [9.17, 15) is 13.2 Å². The van der Waals surface area contributed by atoms with Gasteiger partial charge in [-0.2, -0.15) is 13.2 Å². The van der Waals surface area contributed by atoms with Crippen molar-refractivity contribution in [3.63, 3.8) is 0 Å². The molecule has 0 spiro atoms. The average molecular weight is 294 g/mol. The van der Waals surface area contributed by atoms with E-state index in [1.54, 1.807) is 6.07 Å². The van der Waals surface area contributed by atoms with Crippen molar-refractivity contribution in [3.05, 3.63) is 65.7 Å². The maximum absolute atomic E-state index is 12.8. The van der Waals surface area contributed by atoms with Crippen LogP contribution in [0.2, 0.25) is 0 Å². The van der Waals surface area contributed by atoms with Crippen molar-refractivity contribution in [2.24, 2.45) is 5.73 Å². The fourth-order valence-electron chi connectivity index (χ4n) is 2.11. The number of para-hydroxylation sites is 1. The normalized spacial score (nSPS) is 13.0. The van der Waals surface area contributed by atoms with Gasteiger partial charge < -0.3 is 11.1 Å². The molecule has 0 fully saturated rings. The molecule has 0 aromatic heterocycles. The maximum atomic E-state index is 12.8. The van der Waals surface area contributed by atoms with Gasteiger partial charge in [0.15, 0.2) is 0 Å². The highest BCUT2D eigenvalue weighted by Gasteiger charge is 2.32. The Morgan fingerprint density at radius 1 is 0.952 bits per heavy atom. The van der Waals surface area contributed by atoms with Crippen molar-refractivity contribution >= 4 is 5.69 Å². The molecule has 0 aliphatic carbocycles. The van der Waals surface area contributed by atoms with E-state index >= 15 is 0 Å². The number of nitrogens with one attached hydrogen (secondary N) is 1. The van der Waals surface area contributed by atoms with Crippen LogP contribution in [-0.4, -0.2) is 6.54 Å². The van der Waals surface area contributed by atoms with Crippen molar-refractivity contribution in [3.8, 4) is 0 Å². The second kappa shape index (κ2) is 6.63. The summed E-state index contributed by atoms with van der Waals surface area (Å²) in [6.07, 6.45) is -3.80. The minimum absolute atomic E-state index is 0.0882. The van der Waals surface area contributed by atoms with Crippen molar-refractivity contribution in [2.75, 3.05) is 11.9 Å². The van der Waals surface area contributed by atoms with Gasteiger partial charge in [0.25, 0.3) is 0 Å². The first-order chi connectivity index (χ1) is 9.98. The summed E-state index contributed by atoms with van der Waals surface area (Å²) in [5.74, 6) is 0. The monoisotopic (exact) mass is 294 g/mol. The minimum Gasteiger partial charge on any atom is -0.384 e. The fourth-order valence-corrected chi connectivity index (χ4v) is 2.11. The zero-order valence-corrected chi connectivity index (χ0v) is 11.4. The summed E-state index contributed by atoms with van der Waals surface area (Å²) in [7, 11) is 0. The molecular weight excluding hydrogens is 277 g/mol. The minimum atomic E-state index is -4.36. The highest BCUT2D eigenvalue weighted by molar-refractivity contribution is 5.52. The molecule has 0 bridgehead atoms. The Hall–Kier alpha value is -2.01. The predicted octanol–water partition coefficient (Wildman–Crippen LogP) is 4.21. The first kappa shape index (κ1) is 15.4. The molecule has 2 rings (SSSR count). The van der Waals surface area contributed by atoms with E-state index in [0.717, 1.165) is 11.6 Å². The van der Waals surface area contributed by atoms with Crippen LogP contribution < -0.4 is 11.1 Å². The molecular formula is C16H17F3N2. The third-order valence-corrected chi connectivity index (χ3v) is 3.23. The Balaban J connectivity index is 1.95. The van der Waals surface area contributed by atoms with Crippen LogP contribution in [0.15, 0.2) is 54.6 Å². The number of hydrogen-bond acceptors (Lipinski definition) is 2. The Morgan fingerprint density at radius 3 is 2.24 bits per heavy atom. The molecule has 2 aromatic rings. The molecule has 2 aromatic carbocycles. The van der Waals surface area contributed by atoms with Crippen LogP contribution in [0, 0.1) is 0 Å². The molecule has 3 N–H and O–H groups in total. The first-order valence-corrected chi connectivity index (χ1v) is 6.69. The van der Waals surface area contributed by atoms with Gasteiger partial charge in [0.1, 0.15) is 0 Å². The van der Waals surface area contributed by atoms with Crippen molar-refractivity contribution in [1.29, 1.82) is 0 Å². The van der Waals surface area contributed by atoms with E-state index in [0.29, 0.717) is 13.0 Å². The van der Waals surface area contributed by atoms with E-state index in [4.69, 9.17) is 5.73 Å². The lowest BCUT2D eigenvalue weighted by Crippen LogP contribution is -2.17. The van der Waals surface area contributed by atoms with Crippen molar-refractivity contribution in [1.82, 2.24) is 0 Å². The van der Waals surface area contributed by atoms with Crippen LogP contribution in [0.25, 0.3) is 0 Å². The molecule has 1 unspecified atom stereocenters. The number of halogens is 3. The van der Waals surface area contributed by atoms with Crippen LogP contribution in [0.4, 0.5) is 18.9 Å². The van der Waals surface area contributed by atoms with Gasteiger partial charge >= 0.3 is 6.18 Å². The zero-order chi connectivity index (χ0) is 15.3. The number of alkyl halides is 3. The molecule has 5 heteroatoms. The molecule has 0 saturated carbocycles. The van der Waals surface area contributed by atoms with Crippen LogP contribution >= 0.6 is 0 Å². The van der Waals surface area contributed by atoms with Gasteiger partial charge in [-0.05, 0) is 24.1 Å². The molecule has 0 aliphatic rings. The van der Waals surface area contributed by atoms with Crippen LogP contribution in [0.5, 0.6) is 0 Å². The smallest absolute Gasteiger partial charge is 0.384 e. The molecule has 2 nitrogen and oxygen atoms in total. The molecule has 112 valence electrons. The summed E-state index contributed by atoms with van der Waals surface area (Å²) >= 11 is 0. The molecule has 0 amide bonds. The topological polar surface area (TPSA) is 38.0 Å². The Kier molecular flexibility index (Phi) is 4.85. The number of benzene rings is 2. The van der Waals surface area contributed by atoms with Gasteiger partial charge in [0.05, 0.1) is 5.56 Å². The summed E-state index contributed by atoms with van der Waals surface area (Å²) in [4.78, 5) is 0.